The highest BCUT2D eigenvalue weighted by Gasteiger charge is 2.22. The first-order chi connectivity index (χ1) is 11.5. The van der Waals surface area contributed by atoms with Crippen LogP contribution in [-0.2, 0) is 16.2 Å². The normalized spacial score (nSPS) is 15.4. The lowest BCUT2D eigenvalue weighted by Crippen LogP contribution is -2.03. The molecule has 0 N–H and O–H groups in total. The van der Waals surface area contributed by atoms with Crippen LogP contribution in [0.5, 0.6) is 5.75 Å². The Balaban J connectivity index is 1.89. The molecule has 24 heavy (non-hydrogen) atoms. The van der Waals surface area contributed by atoms with Crippen LogP contribution in [0.4, 0.5) is 0 Å². The van der Waals surface area contributed by atoms with Crippen molar-refractivity contribution in [3.63, 3.8) is 0 Å². The lowest BCUT2D eigenvalue weighted by Gasteiger charge is -2.11. The number of nitrogens with zero attached hydrogens (tertiary/aromatic N) is 1. The zero-order valence-corrected chi connectivity index (χ0v) is 14.3. The number of ether oxygens (including phenoxy) is 1. The van der Waals surface area contributed by atoms with Crippen molar-refractivity contribution in [2.45, 2.75) is 13.5 Å². The maximum absolute atomic E-state index is 11.7. The van der Waals surface area contributed by atoms with E-state index in [0.29, 0.717) is 39.2 Å². The number of carbonyl (C=O) groups is 1. The second-order valence-electron chi connectivity index (χ2n) is 5.18. The van der Waals surface area contributed by atoms with Gasteiger partial charge in [0.2, 0.25) is 0 Å². The van der Waals surface area contributed by atoms with E-state index in [4.69, 9.17) is 27.9 Å². The molecule has 0 spiro atoms. The van der Waals surface area contributed by atoms with Crippen molar-refractivity contribution >= 4 is 41.0 Å². The molecule has 1 aliphatic heterocycles. The van der Waals surface area contributed by atoms with Crippen molar-refractivity contribution in [3.05, 3.63) is 69.2 Å². The van der Waals surface area contributed by atoms with Crippen LogP contribution in [0.15, 0.2) is 53.2 Å². The maximum Gasteiger partial charge on any atom is 0.367 e. The molecule has 3 rings (SSSR count). The fourth-order valence-corrected chi connectivity index (χ4v) is 2.58. The van der Waals surface area contributed by atoms with Crippen molar-refractivity contribution in [1.82, 2.24) is 0 Å². The Morgan fingerprint density at radius 1 is 1.21 bits per heavy atom. The molecular formula is C18H13Cl2NO3. The minimum atomic E-state index is -0.496. The summed E-state index contributed by atoms with van der Waals surface area (Å²) in [5.74, 6) is 0.0869. The fraction of sp³-hybridized carbons (Fsp3) is 0.111. The summed E-state index contributed by atoms with van der Waals surface area (Å²) in [7, 11) is 0. The van der Waals surface area contributed by atoms with Crippen LogP contribution in [0.3, 0.4) is 0 Å². The van der Waals surface area contributed by atoms with Crippen molar-refractivity contribution in [2.24, 2.45) is 5.16 Å². The predicted octanol–water partition coefficient (Wildman–Crippen LogP) is 4.89. The molecule has 0 saturated heterocycles. The molecule has 1 aliphatic rings. The summed E-state index contributed by atoms with van der Waals surface area (Å²) in [6.07, 6.45) is 1.65. The molecule has 1 heterocycles. The summed E-state index contributed by atoms with van der Waals surface area (Å²) < 4.78 is 5.86. The fourth-order valence-electron chi connectivity index (χ4n) is 2.21. The Morgan fingerprint density at radius 2 is 2.00 bits per heavy atom. The summed E-state index contributed by atoms with van der Waals surface area (Å²) in [5.41, 5.74) is 2.42. The summed E-state index contributed by atoms with van der Waals surface area (Å²) in [6.45, 7) is 2.00. The standard InChI is InChI=1S/C18H13Cl2NO3/c1-11-15(18(22)24-21-11)9-13-8-14(19)6-7-17(13)23-10-12-4-2-3-5-16(12)20/h2-9H,10H2,1H3/b15-9+. The Labute approximate surface area is 149 Å². The molecular weight excluding hydrogens is 349 g/mol. The molecule has 0 unspecified atom stereocenters. The van der Waals surface area contributed by atoms with Crippen molar-refractivity contribution in [3.8, 4) is 5.75 Å². The van der Waals surface area contributed by atoms with E-state index in [-0.39, 0.29) is 0 Å². The van der Waals surface area contributed by atoms with Gasteiger partial charge in [0, 0.05) is 21.2 Å². The number of hydrogen-bond donors (Lipinski definition) is 0. The third-order valence-electron chi connectivity index (χ3n) is 3.49. The highest BCUT2D eigenvalue weighted by Crippen LogP contribution is 2.28. The van der Waals surface area contributed by atoms with Gasteiger partial charge in [-0.3, -0.25) is 0 Å². The molecule has 0 aliphatic carbocycles. The van der Waals surface area contributed by atoms with E-state index < -0.39 is 5.97 Å². The monoisotopic (exact) mass is 361 g/mol. The van der Waals surface area contributed by atoms with E-state index in [1.807, 2.05) is 18.2 Å². The average molecular weight is 362 g/mol. The van der Waals surface area contributed by atoms with Gasteiger partial charge in [-0.15, -0.1) is 0 Å². The molecule has 2 aromatic carbocycles. The minimum absolute atomic E-state index is 0.301. The van der Waals surface area contributed by atoms with Gasteiger partial charge in [-0.2, -0.15) is 0 Å². The SMILES string of the molecule is CC1=NOC(=O)/C1=C/c1cc(Cl)ccc1OCc1ccccc1Cl. The van der Waals surface area contributed by atoms with E-state index in [2.05, 4.69) is 9.99 Å². The largest absolute Gasteiger partial charge is 0.488 e. The summed E-state index contributed by atoms with van der Waals surface area (Å²) in [5, 5.41) is 4.83. The number of carbonyl (C=O) groups excluding carboxylic acids is 1. The first-order valence-electron chi connectivity index (χ1n) is 7.18. The minimum Gasteiger partial charge on any atom is -0.488 e. The second-order valence-corrected chi connectivity index (χ2v) is 6.02. The molecule has 0 radical (unpaired) electrons. The lowest BCUT2D eigenvalue weighted by atomic mass is 10.1. The number of oxime groups is 1. The number of rotatable bonds is 4. The maximum atomic E-state index is 11.7. The number of hydrogen-bond acceptors (Lipinski definition) is 4. The predicted molar refractivity (Wildman–Crippen MR) is 94.4 cm³/mol. The first kappa shape index (κ1) is 16.6. The van der Waals surface area contributed by atoms with Crippen LogP contribution in [-0.4, -0.2) is 11.7 Å². The number of halogens is 2. The van der Waals surface area contributed by atoms with Crippen LogP contribution >= 0.6 is 23.2 Å². The van der Waals surface area contributed by atoms with Crippen LogP contribution < -0.4 is 4.74 Å². The van der Waals surface area contributed by atoms with Gasteiger partial charge in [-0.25, -0.2) is 4.79 Å². The molecule has 0 atom stereocenters. The van der Waals surface area contributed by atoms with E-state index in [1.165, 1.54) is 0 Å². The van der Waals surface area contributed by atoms with Crippen LogP contribution in [0.1, 0.15) is 18.1 Å². The Bertz CT molecular complexity index is 859. The highest BCUT2D eigenvalue weighted by molar-refractivity contribution is 6.31. The van der Waals surface area contributed by atoms with Crippen molar-refractivity contribution in [1.29, 1.82) is 0 Å². The molecule has 6 heteroatoms. The molecule has 0 fully saturated rings. The van der Waals surface area contributed by atoms with E-state index in [9.17, 15) is 4.79 Å². The van der Waals surface area contributed by atoms with Gasteiger partial charge in [0.15, 0.2) is 0 Å². The van der Waals surface area contributed by atoms with E-state index in [0.717, 1.165) is 5.56 Å². The molecule has 122 valence electrons. The molecule has 0 saturated carbocycles. The summed E-state index contributed by atoms with van der Waals surface area (Å²) in [4.78, 5) is 16.4. The zero-order chi connectivity index (χ0) is 17.1. The van der Waals surface area contributed by atoms with Gasteiger partial charge >= 0.3 is 5.97 Å². The van der Waals surface area contributed by atoms with Crippen molar-refractivity contribution in [2.75, 3.05) is 0 Å². The molecule has 4 nitrogen and oxygen atoms in total. The highest BCUT2D eigenvalue weighted by atomic mass is 35.5. The molecule has 0 amide bonds. The van der Waals surface area contributed by atoms with Gasteiger partial charge < -0.3 is 9.57 Å². The Morgan fingerprint density at radius 3 is 2.71 bits per heavy atom. The number of benzene rings is 2. The zero-order valence-electron chi connectivity index (χ0n) is 12.8. The second kappa shape index (κ2) is 7.07. The van der Waals surface area contributed by atoms with Crippen molar-refractivity contribution < 1.29 is 14.4 Å². The average Bonchev–Trinajstić information content (AvgIpc) is 2.87. The first-order valence-corrected chi connectivity index (χ1v) is 7.94. The topological polar surface area (TPSA) is 47.9 Å². The van der Waals surface area contributed by atoms with E-state index in [1.54, 1.807) is 37.3 Å². The van der Waals surface area contributed by atoms with Gasteiger partial charge in [-0.05, 0) is 37.3 Å². The quantitative estimate of drug-likeness (QED) is 0.575. The Kier molecular flexibility index (Phi) is 4.88. The summed E-state index contributed by atoms with van der Waals surface area (Å²) >= 11 is 12.2. The van der Waals surface area contributed by atoms with Gasteiger partial charge in [-0.1, -0.05) is 46.6 Å². The summed E-state index contributed by atoms with van der Waals surface area (Å²) in [6, 6.07) is 12.6. The van der Waals surface area contributed by atoms with Gasteiger partial charge in [0.05, 0.1) is 11.3 Å². The van der Waals surface area contributed by atoms with Gasteiger partial charge in [0.1, 0.15) is 12.4 Å². The van der Waals surface area contributed by atoms with E-state index >= 15 is 0 Å². The lowest BCUT2D eigenvalue weighted by molar-refractivity contribution is -0.136. The third-order valence-corrected chi connectivity index (χ3v) is 4.09. The molecule has 0 aromatic heterocycles. The smallest absolute Gasteiger partial charge is 0.367 e. The Hall–Kier alpha value is -2.30. The third kappa shape index (κ3) is 3.61. The van der Waals surface area contributed by atoms with Crippen LogP contribution in [0.25, 0.3) is 6.08 Å². The van der Waals surface area contributed by atoms with Crippen LogP contribution in [0.2, 0.25) is 10.0 Å². The molecule has 0 bridgehead atoms. The van der Waals surface area contributed by atoms with Gasteiger partial charge in [0.25, 0.3) is 0 Å². The molecule has 2 aromatic rings. The van der Waals surface area contributed by atoms with Crippen LogP contribution in [0, 0.1) is 0 Å².